The molecular weight excluding hydrogens is 176 g/mol. The van der Waals surface area contributed by atoms with Crippen LogP contribution in [0.2, 0.25) is 0 Å². The van der Waals surface area contributed by atoms with Crippen LogP contribution in [0.3, 0.4) is 0 Å². The van der Waals surface area contributed by atoms with Gasteiger partial charge in [0.1, 0.15) is 0 Å². The highest BCUT2D eigenvalue weighted by Crippen LogP contribution is 2.31. The molecule has 1 saturated heterocycles. The summed E-state index contributed by atoms with van der Waals surface area (Å²) in [7, 11) is 0. The Kier molecular flexibility index (Phi) is 3.06. The third-order valence-corrected chi connectivity index (χ3v) is 3.65. The molecule has 1 amide bonds. The molecule has 0 radical (unpaired) electrons. The van der Waals surface area contributed by atoms with Crippen LogP contribution in [0.15, 0.2) is 0 Å². The van der Waals surface area contributed by atoms with Crippen molar-refractivity contribution >= 4 is 5.91 Å². The first kappa shape index (κ1) is 9.97. The maximum atomic E-state index is 11.8. The van der Waals surface area contributed by atoms with Crippen LogP contribution >= 0.6 is 0 Å². The lowest BCUT2D eigenvalue weighted by Crippen LogP contribution is -2.58. The fourth-order valence-electron chi connectivity index (χ4n) is 2.39. The van der Waals surface area contributed by atoms with Crippen LogP contribution in [0.5, 0.6) is 0 Å². The molecule has 3 heteroatoms. The molecule has 1 heterocycles. The van der Waals surface area contributed by atoms with E-state index in [4.69, 9.17) is 0 Å². The predicted octanol–water partition coefficient (Wildman–Crippen LogP) is 0.901. The molecular formula is C11H20N2O. The Hall–Kier alpha value is -0.570. The van der Waals surface area contributed by atoms with Gasteiger partial charge in [-0.05, 0) is 18.8 Å². The van der Waals surface area contributed by atoms with E-state index in [1.54, 1.807) is 0 Å². The Balaban J connectivity index is 1.77. The van der Waals surface area contributed by atoms with Crippen molar-refractivity contribution in [3.63, 3.8) is 0 Å². The molecule has 2 fully saturated rings. The third kappa shape index (κ3) is 2.08. The number of carbonyl (C=O) groups excluding carboxylic acids is 1. The van der Waals surface area contributed by atoms with Crippen molar-refractivity contribution in [1.29, 1.82) is 0 Å². The molecule has 0 spiro atoms. The third-order valence-electron chi connectivity index (χ3n) is 3.65. The molecule has 0 bridgehead atoms. The van der Waals surface area contributed by atoms with Gasteiger partial charge in [-0.2, -0.15) is 0 Å². The molecule has 2 aliphatic rings. The molecule has 1 unspecified atom stereocenters. The van der Waals surface area contributed by atoms with Gasteiger partial charge in [0.2, 0.25) is 5.91 Å². The molecule has 1 aliphatic carbocycles. The van der Waals surface area contributed by atoms with Crippen LogP contribution in [0.4, 0.5) is 0 Å². The fourth-order valence-corrected chi connectivity index (χ4v) is 2.39. The molecule has 0 aromatic heterocycles. The van der Waals surface area contributed by atoms with Crippen molar-refractivity contribution in [2.24, 2.45) is 11.8 Å². The van der Waals surface area contributed by atoms with Gasteiger partial charge < -0.3 is 10.6 Å². The van der Waals surface area contributed by atoms with Gasteiger partial charge in [0.15, 0.2) is 0 Å². The molecule has 14 heavy (non-hydrogen) atoms. The van der Waals surface area contributed by atoms with Crippen LogP contribution in [0.25, 0.3) is 0 Å². The first-order valence-corrected chi connectivity index (χ1v) is 5.78. The minimum absolute atomic E-state index is 0.220. The van der Waals surface area contributed by atoms with E-state index in [1.807, 2.05) is 0 Å². The lowest BCUT2D eigenvalue weighted by atomic mass is 9.91. The summed E-state index contributed by atoms with van der Waals surface area (Å²) in [6.07, 6.45) is 5.12. The average Bonchev–Trinajstić information content (AvgIpc) is 2.62. The second-order valence-corrected chi connectivity index (χ2v) is 4.70. The molecule has 1 saturated carbocycles. The summed E-state index contributed by atoms with van der Waals surface area (Å²) in [5.74, 6) is 1.13. The van der Waals surface area contributed by atoms with Crippen LogP contribution in [-0.2, 0) is 4.79 Å². The zero-order valence-corrected chi connectivity index (χ0v) is 8.88. The van der Waals surface area contributed by atoms with Gasteiger partial charge in [0.05, 0.1) is 6.04 Å². The molecule has 0 aromatic carbocycles. The summed E-state index contributed by atoms with van der Waals surface area (Å²) >= 11 is 0. The monoisotopic (exact) mass is 196 g/mol. The Bertz CT molecular complexity index is 207. The summed E-state index contributed by atoms with van der Waals surface area (Å²) in [4.78, 5) is 11.8. The smallest absolute Gasteiger partial charge is 0.223 e. The maximum absolute atomic E-state index is 11.8. The van der Waals surface area contributed by atoms with Gasteiger partial charge >= 0.3 is 0 Å². The minimum Gasteiger partial charge on any atom is -0.351 e. The number of amides is 1. The van der Waals surface area contributed by atoms with Gasteiger partial charge in [0, 0.05) is 19.0 Å². The quantitative estimate of drug-likeness (QED) is 0.704. The van der Waals surface area contributed by atoms with E-state index in [-0.39, 0.29) is 11.8 Å². The van der Waals surface area contributed by atoms with Crippen LogP contribution in [0.1, 0.15) is 32.6 Å². The number of rotatable bonds is 3. The normalized spacial score (nSPS) is 25.8. The zero-order valence-electron chi connectivity index (χ0n) is 8.88. The minimum atomic E-state index is 0.220. The van der Waals surface area contributed by atoms with E-state index in [0.29, 0.717) is 12.0 Å². The maximum Gasteiger partial charge on any atom is 0.223 e. The SMILES string of the molecule is CC(C(=O)NC1CNC1)C1CCCC1. The van der Waals surface area contributed by atoms with E-state index >= 15 is 0 Å². The zero-order chi connectivity index (χ0) is 9.97. The van der Waals surface area contributed by atoms with Gasteiger partial charge in [-0.1, -0.05) is 19.8 Å². The number of nitrogens with one attached hydrogen (secondary N) is 2. The molecule has 80 valence electrons. The van der Waals surface area contributed by atoms with Crippen LogP contribution in [0, 0.1) is 11.8 Å². The molecule has 0 aromatic rings. The molecule has 2 N–H and O–H groups in total. The van der Waals surface area contributed by atoms with Crippen molar-refractivity contribution in [1.82, 2.24) is 10.6 Å². The average molecular weight is 196 g/mol. The molecule has 3 nitrogen and oxygen atoms in total. The summed E-state index contributed by atoms with van der Waals surface area (Å²) in [6, 6.07) is 0.395. The highest BCUT2D eigenvalue weighted by Gasteiger charge is 2.29. The first-order chi connectivity index (χ1) is 6.77. The van der Waals surface area contributed by atoms with Crippen molar-refractivity contribution < 1.29 is 4.79 Å². The number of hydrogen-bond acceptors (Lipinski definition) is 2. The highest BCUT2D eigenvalue weighted by molar-refractivity contribution is 5.79. The Morgan fingerprint density at radius 3 is 2.50 bits per heavy atom. The highest BCUT2D eigenvalue weighted by atomic mass is 16.2. The summed E-state index contributed by atoms with van der Waals surface area (Å²) in [5, 5.41) is 6.25. The van der Waals surface area contributed by atoms with E-state index in [2.05, 4.69) is 17.6 Å². The fraction of sp³-hybridized carbons (Fsp3) is 0.909. The lowest BCUT2D eigenvalue weighted by molar-refractivity contribution is -0.127. The Morgan fingerprint density at radius 1 is 1.36 bits per heavy atom. The second kappa shape index (κ2) is 4.30. The van der Waals surface area contributed by atoms with E-state index < -0.39 is 0 Å². The van der Waals surface area contributed by atoms with Crippen molar-refractivity contribution in [3.8, 4) is 0 Å². The van der Waals surface area contributed by atoms with Crippen molar-refractivity contribution in [3.05, 3.63) is 0 Å². The molecule has 2 rings (SSSR count). The predicted molar refractivity (Wildman–Crippen MR) is 55.9 cm³/mol. The lowest BCUT2D eigenvalue weighted by Gasteiger charge is -2.30. The van der Waals surface area contributed by atoms with Gasteiger partial charge in [-0.3, -0.25) is 4.79 Å². The summed E-state index contributed by atoms with van der Waals surface area (Å²) in [5.41, 5.74) is 0. The largest absolute Gasteiger partial charge is 0.351 e. The van der Waals surface area contributed by atoms with Gasteiger partial charge in [-0.25, -0.2) is 0 Å². The summed E-state index contributed by atoms with van der Waals surface area (Å²) in [6.45, 7) is 3.98. The number of hydrogen-bond donors (Lipinski definition) is 2. The molecule has 1 aliphatic heterocycles. The Morgan fingerprint density at radius 2 is 2.00 bits per heavy atom. The Labute approximate surface area is 85.6 Å². The van der Waals surface area contributed by atoms with E-state index in [9.17, 15) is 4.79 Å². The van der Waals surface area contributed by atoms with Crippen molar-refractivity contribution in [2.45, 2.75) is 38.6 Å². The van der Waals surface area contributed by atoms with E-state index in [0.717, 1.165) is 13.1 Å². The van der Waals surface area contributed by atoms with Crippen LogP contribution < -0.4 is 10.6 Å². The topological polar surface area (TPSA) is 41.1 Å². The summed E-state index contributed by atoms with van der Waals surface area (Å²) < 4.78 is 0. The standard InChI is InChI=1S/C11H20N2O/c1-8(9-4-2-3-5-9)11(14)13-10-6-12-7-10/h8-10,12H,2-7H2,1H3,(H,13,14). The van der Waals surface area contributed by atoms with Crippen LogP contribution in [-0.4, -0.2) is 25.0 Å². The van der Waals surface area contributed by atoms with Gasteiger partial charge in [0.25, 0.3) is 0 Å². The van der Waals surface area contributed by atoms with Gasteiger partial charge in [-0.15, -0.1) is 0 Å². The van der Waals surface area contributed by atoms with Crippen molar-refractivity contribution in [2.75, 3.05) is 13.1 Å². The van der Waals surface area contributed by atoms with E-state index in [1.165, 1.54) is 25.7 Å². The number of carbonyl (C=O) groups is 1. The molecule has 1 atom stereocenters. The first-order valence-electron chi connectivity index (χ1n) is 5.78. The second-order valence-electron chi connectivity index (χ2n) is 4.70.